The fourth-order valence-corrected chi connectivity index (χ4v) is 8.87. The molecule has 0 aliphatic heterocycles. The van der Waals surface area contributed by atoms with E-state index >= 15 is 0 Å². The number of benzene rings is 1. The second-order valence-corrected chi connectivity index (χ2v) is 13.3. The average molecular weight is 596 g/mol. The molecule has 0 bridgehead atoms. The molecular weight excluding hydrogens is 554 g/mol. The van der Waals surface area contributed by atoms with Crippen LogP contribution in [0.2, 0.25) is 0 Å². The van der Waals surface area contributed by atoms with Gasteiger partial charge in [0.15, 0.2) is 18.4 Å². The fraction of sp³-hybridized carbons (Fsp3) is 0.606. The number of fused-ring (bicyclic) bond motifs is 5. The molecule has 232 valence electrons. The predicted octanol–water partition coefficient (Wildman–Crippen LogP) is 3.05. The number of esters is 1. The van der Waals surface area contributed by atoms with Gasteiger partial charge in [-0.25, -0.2) is 4.79 Å². The summed E-state index contributed by atoms with van der Waals surface area (Å²) < 4.78 is 5.18. The lowest BCUT2D eigenvalue weighted by molar-refractivity contribution is -0.184. The Kier molecular flexibility index (Phi) is 8.39. The Hall–Kier alpha value is -3.37. The van der Waals surface area contributed by atoms with Gasteiger partial charge in [-0.3, -0.25) is 19.2 Å². The van der Waals surface area contributed by atoms with Crippen LogP contribution in [0.1, 0.15) is 83.2 Å². The van der Waals surface area contributed by atoms with Gasteiger partial charge in [-0.1, -0.05) is 49.8 Å². The van der Waals surface area contributed by atoms with Crippen LogP contribution in [0.4, 0.5) is 0 Å². The van der Waals surface area contributed by atoms with Crippen molar-refractivity contribution in [2.45, 2.75) is 89.4 Å². The van der Waals surface area contributed by atoms with Crippen molar-refractivity contribution in [3.8, 4) is 0 Å². The molecule has 1 aromatic carbocycles. The molecule has 8 atom stereocenters. The number of hydrogen-bond donors (Lipinski definition) is 4. The molecule has 0 aromatic heterocycles. The molecule has 5 rings (SSSR count). The molecule has 0 saturated heterocycles. The molecule has 0 radical (unpaired) electrons. The minimum absolute atomic E-state index is 0.00274. The first kappa shape index (κ1) is 31.1. The highest BCUT2D eigenvalue weighted by molar-refractivity contribution is 5.92. The van der Waals surface area contributed by atoms with Crippen LogP contribution >= 0.6 is 0 Å². The van der Waals surface area contributed by atoms with Gasteiger partial charge in [0.1, 0.15) is 5.60 Å². The number of aliphatic carboxylic acids is 1. The molecule has 3 fully saturated rings. The van der Waals surface area contributed by atoms with Crippen LogP contribution in [-0.4, -0.2) is 63.0 Å². The van der Waals surface area contributed by atoms with Crippen molar-refractivity contribution in [2.75, 3.05) is 6.61 Å². The molecule has 4 N–H and O–H groups in total. The average Bonchev–Trinajstić information content (AvgIpc) is 3.24. The summed E-state index contributed by atoms with van der Waals surface area (Å²) in [5, 5.41) is 35.2. The topological polar surface area (TPSA) is 167 Å². The van der Waals surface area contributed by atoms with Gasteiger partial charge in [0.05, 0.1) is 12.5 Å². The fourth-order valence-electron chi connectivity index (χ4n) is 8.87. The summed E-state index contributed by atoms with van der Waals surface area (Å²) in [4.78, 5) is 62.0. The van der Waals surface area contributed by atoms with E-state index < -0.39 is 53.4 Å². The summed E-state index contributed by atoms with van der Waals surface area (Å²) >= 11 is 0. The molecule has 10 nitrogen and oxygen atoms in total. The van der Waals surface area contributed by atoms with E-state index in [1.165, 1.54) is 0 Å². The Balaban J connectivity index is 1.18. The molecule has 4 aliphatic rings. The maximum absolute atomic E-state index is 13.4. The van der Waals surface area contributed by atoms with Crippen LogP contribution in [0.15, 0.2) is 42.0 Å². The van der Waals surface area contributed by atoms with Gasteiger partial charge in [-0.05, 0) is 73.3 Å². The number of allylic oxidation sites excluding steroid dienone is 1. The van der Waals surface area contributed by atoms with Crippen molar-refractivity contribution < 1.29 is 44.0 Å². The minimum atomic E-state index is -1.77. The van der Waals surface area contributed by atoms with Crippen LogP contribution in [0, 0.1) is 28.6 Å². The molecule has 43 heavy (non-hydrogen) atoms. The van der Waals surface area contributed by atoms with Crippen LogP contribution in [0.5, 0.6) is 0 Å². The summed E-state index contributed by atoms with van der Waals surface area (Å²) in [5.41, 5.74) is -1.46. The molecule has 8 unspecified atom stereocenters. The van der Waals surface area contributed by atoms with Gasteiger partial charge in [0.2, 0.25) is 11.7 Å². The highest BCUT2D eigenvalue weighted by atomic mass is 16.5. The maximum Gasteiger partial charge on any atom is 0.330 e. The summed E-state index contributed by atoms with van der Waals surface area (Å²) in [6.45, 7) is 3.35. The van der Waals surface area contributed by atoms with Crippen LogP contribution < -0.4 is 5.32 Å². The van der Waals surface area contributed by atoms with Crippen LogP contribution in [-0.2, 0) is 28.7 Å². The zero-order valence-electron chi connectivity index (χ0n) is 24.7. The summed E-state index contributed by atoms with van der Waals surface area (Å²) in [6.07, 6.45) is 4.07. The van der Waals surface area contributed by atoms with Crippen molar-refractivity contribution >= 4 is 29.4 Å². The van der Waals surface area contributed by atoms with E-state index in [2.05, 4.69) is 12.2 Å². The molecule has 3 saturated carbocycles. The number of amides is 1. The Morgan fingerprint density at radius 2 is 1.77 bits per heavy atom. The minimum Gasteiger partial charge on any atom is -0.479 e. The van der Waals surface area contributed by atoms with Crippen LogP contribution in [0.25, 0.3) is 0 Å². The first-order chi connectivity index (χ1) is 20.3. The molecule has 0 heterocycles. The molecule has 1 amide bonds. The second kappa shape index (κ2) is 11.6. The van der Waals surface area contributed by atoms with E-state index in [1.807, 2.05) is 6.92 Å². The van der Waals surface area contributed by atoms with Crippen molar-refractivity contribution in [3.05, 3.63) is 47.5 Å². The Morgan fingerprint density at radius 1 is 1.05 bits per heavy atom. The summed E-state index contributed by atoms with van der Waals surface area (Å²) in [5.74, 6) is -3.16. The number of carboxylic acids is 1. The monoisotopic (exact) mass is 595 g/mol. The van der Waals surface area contributed by atoms with Crippen molar-refractivity contribution in [1.29, 1.82) is 0 Å². The number of nitrogens with one attached hydrogen (secondary N) is 1. The Labute approximate surface area is 250 Å². The van der Waals surface area contributed by atoms with E-state index in [0.717, 1.165) is 18.4 Å². The molecule has 0 spiro atoms. The number of hydrogen-bond acceptors (Lipinski definition) is 8. The Bertz CT molecular complexity index is 1340. The third-order valence-corrected chi connectivity index (χ3v) is 11.1. The molecular formula is C33H41NO9. The van der Waals surface area contributed by atoms with Gasteiger partial charge < -0.3 is 25.4 Å². The number of aliphatic hydroxyl groups is 2. The van der Waals surface area contributed by atoms with Crippen molar-refractivity contribution in [3.63, 3.8) is 0 Å². The van der Waals surface area contributed by atoms with Gasteiger partial charge in [0, 0.05) is 18.3 Å². The number of carbonyl (C=O) groups excluding carboxylic acids is 4. The zero-order chi connectivity index (χ0) is 31.2. The molecule has 4 aliphatic carbocycles. The van der Waals surface area contributed by atoms with E-state index in [0.29, 0.717) is 24.8 Å². The standard InChI is InChI=1S/C33H41NO9/c1-31-14-12-21(35)16-20(31)8-9-22-23-13-15-33(42,32(23,2)17-24(36)28(22)31)25(37)18-43-27(39)11-10-26(38)34-29(30(40)41)19-6-4-3-5-7-19/h3-7,16,22-24,28-29,36,42H,8-15,17-18H2,1-2H3,(H,34,38)(H,40,41). The molecule has 10 heteroatoms. The number of aliphatic hydroxyl groups excluding tert-OH is 1. The van der Waals surface area contributed by atoms with Gasteiger partial charge in [-0.15, -0.1) is 0 Å². The molecule has 1 aromatic rings. The van der Waals surface area contributed by atoms with Crippen molar-refractivity contribution in [1.82, 2.24) is 5.32 Å². The maximum atomic E-state index is 13.4. The largest absolute Gasteiger partial charge is 0.479 e. The Morgan fingerprint density at radius 3 is 2.47 bits per heavy atom. The third kappa shape index (κ3) is 5.44. The lowest BCUT2D eigenvalue weighted by atomic mass is 9.45. The predicted molar refractivity (Wildman–Crippen MR) is 153 cm³/mol. The normalized spacial score (nSPS) is 35.4. The quantitative estimate of drug-likeness (QED) is 0.314. The lowest BCUT2D eigenvalue weighted by Crippen LogP contribution is -2.62. The highest BCUT2D eigenvalue weighted by Gasteiger charge is 2.68. The number of ketones is 2. The number of Topliss-reactive ketones (excluding diaryl/α,β-unsaturated/α-hetero) is 1. The van der Waals surface area contributed by atoms with Gasteiger partial charge >= 0.3 is 11.9 Å². The third-order valence-electron chi connectivity index (χ3n) is 11.1. The second-order valence-electron chi connectivity index (χ2n) is 13.3. The summed E-state index contributed by atoms with van der Waals surface area (Å²) in [6, 6.07) is 6.91. The van der Waals surface area contributed by atoms with E-state index in [1.54, 1.807) is 36.4 Å². The lowest BCUT2D eigenvalue weighted by Gasteiger charge is -2.60. The first-order valence-electron chi connectivity index (χ1n) is 15.2. The SMILES string of the molecule is CC12CCC(=O)C=C1CCC1C2C(O)CC2(C)C1CCC2(O)C(=O)COC(=O)CCC(=O)NC(C(=O)O)c1ccccc1. The van der Waals surface area contributed by atoms with Crippen molar-refractivity contribution in [2.24, 2.45) is 28.6 Å². The highest BCUT2D eigenvalue weighted by Crippen LogP contribution is 2.67. The summed E-state index contributed by atoms with van der Waals surface area (Å²) in [7, 11) is 0. The first-order valence-corrected chi connectivity index (χ1v) is 15.2. The number of rotatable bonds is 9. The number of ether oxygens (including phenoxy) is 1. The van der Waals surface area contributed by atoms with E-state index in [-0.39, 0.29) is 54.6 Å². The van der Waals surface area contributed by atoms with Gasteiger partial charge in [0.25, 0.3) is 0 Å². The zero-order valence-corrected chi connectivity index (χ0v) is 24.7. The van der Waals surface area contributed by atoms with E-state index in [9.17, 15) is 39.3 Å². The number of carbonyl (C=O) groups is 5. The van der Waals surface area contributed by atoms with Gasteiger partial charge in [-0.2, -0.15) is 0 Å². The van der Waals surface area contributed by atoms with E-state index in [4.69, 9.17) is 4.74 Å². The number of carboxylic acid groups (broad SMARTS) is 1. The van der Waals surface area contributed by atoms with Crippen LogP contribution in [0.3, 0.4) is 0 Å². The smallest absolute Gasteiger partial charge is 0.330 e.